The second-order valence-corrected chi connectivity index (χ2v) is 8.66. The first-order valence-electron chi connectivity index (χ1n) is 9.81. The van der Waals surface area contributed by atoms with E-state index in [4.69, 9.17) is 15.2 Å². The molecule has 0 saturated carbocycles. The predicted molar refractivity (Wildman–Crippen MR) is 123 cm³/mol. The lowest BCUT2D eigenvalue weighted by molar-refractivity contribution is 0.0462. The summed E-state index contributed by atoms with van der Waals surface area (Å²) in [6, 6.07) is 19.2. The number of methoxy groups -OCH3 is 1. The summed E-state index contributed by atoms with van der Waals surface area (Å²) < 4.78 is 38.3. The van der Waals surface area contributed by atoms with Crippen molar-refractivity contribution in [1.29, 1.82) is 0 Å². The zero-order valence-electron chi connectivity index (χ0n) is 17.6. The van der Waals surface area contributed by atoms with Gasteiger partial charge < -0.3 is 15.2 Å². The van der Waals surface area contributed by atoms with Crippen LogP contribution in [0, 0.1) is 0 Å². The maximum absolute atomic E-state index is 12.7. The minimum atomic E-state index is -3.93. The lowest BCUT2D eigenvalue weighted by atomic mass is 10.2. The van der Waals surface area contributed by atoms with Crippen molar-refractivity contribution >= 4 is 38.4 Å². The van der Waals surface area contributed by atoms with Gasteiger partial charge in [-0.2, -0.15) is 0 Å². The van der Waals surface area contributed by atoms with E-state index in [0.29, 0.717) is 22.3 Å². The standard InChI is InChI=1S/C23H20N4O5S/c1-31-17-11-9-16(10-12-17)27-33(29,30)18-6-4-5-15(13-18)23(28)32-14-21-25-20-8-3-2-7-19(20)22(24)26-21/h2-13,27H,14H2,1H3,(H2,24,25,26). The molecule has 0 aliphatic carbocycles. The second-order valence-electron chi connectivity index (χ2n) is 6.98. The van der Waals surface area contributed by atoms with E-state index in [2.05, 4.69) is 14.7 Å². The van der Waals surface area contributed by atoms with Gasteiger partial charge in [-0.1, -0.05) is 18.2 Å². The smallest absolute Gasteiger partial charge is 0.338 e. The molecule has 0 aliphatic rings. The number of hydrogen-bond acceptors (Lipinski definition) is 8. The summed E-state index contributed by atoms with van der Waals surface area (Å²) in [6.45, 7) is -0.213. The Morgan fingerprint density at radius 2 is 1.76 bits per heavy atom. The number of nitrogens with two attached hydrogens (primary N) is 1. The highest BCUT2D eigenvalue weighted by molar-refractivity contribution is 7.92. The van der Waals surface area contributed by atoms with Crippen molar-refractivity contribution in [2.75, 3.05) is 17.6 Å². The molecular formula is C23H20N4O5S. The molecule has 9 nitrogen and oxygen atoms in total. The van der Waals surface area contributed by atoms with Gasteiger partial charge in [-0.05, 0) is 54.6 Å². The topological polar surface area (TPSA) is 134 Å². The molecule has 0 saturated heterocycles. The first kappa shape index (κ1) is 22.0. The van der Waals surface area contributed by atoms with Crippen molar-refractivity contribution < 1.29 is 22.7 Å². The van der Waals surface area contributed by atoms with Crippen LogP contribution in [0.4, 0.5) is 11.5 Å². The Morgan fingerprint density at radius 1 is 1.00 bits per heavy atom. The first-order valence-corrected chi connectivity index (χ1v) is 11.3. The van der Waals surface area contributed by atoms with Crippen LogP contribution in [0.1, 0.15) is 16.2 Å². The van der Waals surface area contributed by atoms with Gasteiger partial charge in [-0.25, -0.2) is 23.2 Å². The van der Waals surface area contributed by atoms with E-state index < -0.39 is 16.0 Å². The normalized spacial score (nSPS) is 11.2. The Hall–Kier alpha value is -4.18. The molecule has 0 radical (unpaired) electrons. The molecule has 0 fully saturated rings. The summed E-state index contributed by atoms with van der Waals surface area (Å²) in [4.78, 5) is 20.9. The van der Waals surface area contributed by atoms with Crippen molar-refractivity contribution in [2.45, 2.75) is 11.5 Å². The monoisotopic (exact) mass is 464 g/mol. The SMILES string of the molecule is COc1ccc(NS(=O)(=O)c2cccc(C(=O)OCc3nc(N)c4ccccc4n3)c2)cc1. The summed E-state index contributed by atoms with van der Waals surface area (Å²) in [5, 5.41) is 0.704. The Morgan fingerprint density at radius 3 is 2.52 bits per heavy atom. The Kier molecular flexibility index (Phi) is 6.09. The van der Waals surface area contributed by atoms with Crippen LogP contribution >= 0.6 is 0 Å². The maximum Gasteiger partial charge on any atom is 0.338 e. The number of nitrogens with zero attached hydrogens (tertiary/aromatic N) is 2. The molecule has 0 aliphatic heterocycles. The second kappa shape index (κ2) is 9.13. The van der Waals surface area contributed by atoms with Crippen LogP contribution in [-0.4, -0.2) is 31.5 Å². The van der Waals surface area contributed by atoms with E-state index in [-0.39, 0.29) is 28.7 Å². The molecule has 10 heteroatoms. The number of nitrogen functional groups attached to an aromatic ring is 1. The molecule has 3 N–H and O–H groups in total. The van der Waals surface area contributed by atoms with Crippen molar-refractivity contribution in [3.63, 3.8) is 0 Å². The number of carbonyl (C=O) groups is 1. The number of hydrogen-bond donors (Lipinski definition) is 2. The third-order valence-corrected chi connectivity index (χ3v) is 6.11. The third kappa shape index (κ3) is 5.01. The minimum Gasteiger partial charge on any atom is -0.497 e. The highest BCUT2D eigenvalue weighted by Gasteiger charge is 2.18. The third-order valence-electron chi connectivity index (χ3n) is 4.73. The van der Waals surface area contributed by atoms with E-state index in [9.17, 15) is 13.2 Å². The Balaban J connectivity index is 1.48. The van der Waals surface area contributed by atoms with Gasteiger partial charge in [-0.15, -0.1) is 0 Å². The molecule has 0 amide bonds. The number of ether oxygens (including phenoxy) is 2. The maximum atomic E-state index is 12.7. The fraction of sp³-hybridized carbons (Fsp3) is 0.0870. The molecule has 3 aromatic carbocycles. The fourth-order valence-electron chi connectivity index (χ4n) is 3.09. The van der Waals surface area contributed by atoms with Crippen molar-refractivity contribution in [2.24, 2.45) is 0 Å². The first-order chi connectivity index (χ1) is 15.9. The molecular weight excluding hydrogens is 444 g/mol. The summed E-state index contributed by atoms with van der Waals surface area (Å²) in [6.07, 6.45) is 0. The van der Waals surface area contributed by atoms with Gasteiger partial charge in [0.05, 0.1) is 23.1 Å². The van der Waals surface area contributed by atoms with Gasteiger partial charge in [0.1, 0.15) is 11.6 Å². The Bertz CT molecular complexity index is 1420. The molecule has 4 aromatic rings. The van der Waals surface area contributed by atoms with Crippen LogP contribution in [-0.2, 0) is 21.4 Å². The fourth-order valence-corrected chi connectivity index (χ4v) is 4.20. The number of aromatic nitrogens is 2. The van der Waals surface area contributed by atoms with Gasteiger partial charge in [0.15, 0.2) is 12.4 Å². The molecule has 168 valence electrons. The van der Waals surface area contributed by atoms with Crippen molar-refractivity contribution in [3.05, 3.63) is 84.2 Å². The van der Waals surface area contributed by atoms with Crippen LogP contribution in [0.25, 0.3) is 10.9 Å². The van der Waals surface area contributed by atoms with Gasteiger partial charge in [0.2, 0.25) is 0 Å². The van der Waals surface area contributed by atoms with Crippen LogP contribution in [0.5, 0.6) is 5.75 Å². The van der Waals surface area contributed by atoms with Crippen LogP contribution in [0.15, 0.2) is 77.7 Å². The summed E-state index contributed by atoms with van der Waals surface area (Å²) in [5.74, 6) is 0.403. The zero-order valence-corrected chi connectivity index (χ0v) is 18.4. The largest absolute Gasteiger partial charge is 0.497 e. The number of nitrogens with one attached hydrogen (secondary N) is 1. The number of esters is 1. The minimum absolute atomic E-state index is 0.0707. The van der Waals surface area contributed by atoms with Crippen molar-refractivity contribution in [1.82, 2.24) is 9.97 Å². The molecule has 1 aromatic heterocycles. The van der Waals surface area contributed by atoms with Gasteiger partial charge >= 0.3 is 5.97 Å². The van der Waals surface area contributed by atoms with Gasteiger partial charge in [0.25, 0.3) is 10.0 Å². The van der Waals surface area contributed by atoms with E-state index in [0.717, 1.165) is 0 Å². The number of fused-ring (bicyclic) bond motifs is 1. The number of carbonyl (C=O) groups excluding carboxylic acids is 1. The zero-order chi connectivity index (χ0) is 23.4. The predicted octanol–water partition coefficient (Wildman–Crippen LogP) is 3.38. The molecule has 0 unspecified atom stereocenters. The molecule has 0 atom stereocenters. The Labute approximate surface area is 190 Å². The van der Waals surface area contributed by atoms with E-state index in [1.165, 1.54) is 31.4 Å². The van der Waals surface area contributed by atoms with E-state index in [1.54, 1.807) is 36.4 Å². The summed E-state index contributed by atoms with van der Waals surface area (Å²) in [5.41, 5.74) is 7.01. The molecule has 33 heavy (non-hydrogen) atoms. The molecule has 1 heterocycles. The quantitative estimate of drug-likeness (QED) is 0.398. The highest BCUT2D eigenvalue weighted by atomic mass is 32.2. The van der Waals surface area contributed by atoms with Crippen LogP contribution in [0.3, 0.4) is 0 Å². The van der Waals surface area contributed by atoms with Gasteiger partial charge in [-0.3, -0.25) is 4.72 Å². The number of para-hydroxylation sites is 1. The van der Waals surface area contributed by atoms with E-state index in [1.807, 2.05) is 12.1 Å². The molecule has 0 spiro atoms. The average Bonchev–Trinajstić information content (AvgIpc) is 2.83. The lowest BCUT2D eigenvalue weighted by Gasteiger charge is -2.10. The van der Waals surface area contributed by atoms with Crippen LogP contribution in [0.2, 0.25) is 0 Å². The van der Waals surface area contributed by atoms with Crippen molar-refractivity contribution in [3.8, 4) is 5.75 Å². The average molecular weight is 465 g/mol. The molecule has 0 bridgehead atoms. The lowest BCUT2D eigenvalue weighted by Crippen LogP contribution is -2.14. The number of sulfonamides is 1. The summed E-state index contributed by atoms with van der Waals surface area (Å²) >= 11 is 0. The van der Waals surface area contributed by atoms with Crippen LogP contribution < -0.4 is 15.2 Å². The number of benzene rings is 3. The van der Waals surface area contributed by atoms with Gasteiger partial charge in [0, 0.05) is 11.1 Å². The molecule has 4 rings (SSSR count). The number of anilines is 2. The highest BCUT2D eigenvalue weighted by Crippen LogP contribution is 2.21. The summed E-state index contributed by atoms with van der Waals surface area (Å²) in [7, 11) is -2.41. The van der Waals surface area contributed by atoms with E-state index >= 15 is 0 Å². The number of rotatable bonds is 7.